The molecule has 6 nitrogen and oxygen atoms in total. The van der Waals surface area contributed by atoms with Crippen LogP contribution in [0.5, 0.6) is 0 Å². The Morgan fingerprint density at radius 1 is 1.26 bits per heavy atom. The molecule has 7 heteroatoms. The van der Waals surface area contributed by atoms with Crippen molar-refractivity contribution in [3.63, 3.8) is 0 Å². The zero-order chi connectivity index (χ0) is 17.5. The van der Waals surface area contributed by atoms with Gasteiger partial charge in [0.05, 0.1) is 17.4 Å². The van der Waals surface area contributed by atoms with Crippen molar-refractivity contribution >= 4 is 15.9 Å². The summed E-state index contributed by atoms with van der Waals surface area (Å²) in [5.41, 5.74) is -0.735. The minimum absolute atomic E-state index is 0.0332. The van der Waals surface area contributed by atoms with E-state index >= 15 is 0 Å². The van der Waals surface area contributed by atoms with Gasteiger partial charge in [0.1, 0.15) is 0 Å². The van der Waals surface area contributed by atoms with Crippen LogP contribution < -0.4 is 0 Å². The largest absolute Gasteiger partial charge is 0.391 e. The maximum atomic E-state index is 12.2. The molecule has 0 aliphatic carbocycles. The first-order valence-corrected chi connectivity index (χ1v) is 10.1. The van der Waals surface area contributed by atoms with Gasteiger partial charge in [0, 0.05) is 26.6 Å². The molecule has 2 saturated heterocycles. The fourth-order valence-electron chi connectivity index (χ4n) is 3.95. The molecule has 0 aromatic rings. The number of carbonyl (C=O) groups excluding carboxylic acids is 1. The van der Waals surface area contributed by atoms with E-state index in [1.165, 1.54) is 6.92 Å². The van der Waals surface area contributed by atoms with E-state index in [9.17, 15) is 18.3 Å². The van der Waals surface area contributed by atoms with Crippen LogP contribution in [-0.2, 0) is 14.8 Å². The maximum Gasteiger partial charge on any atom is 0.219 e. The molecule has 2 heterocycles. The first-order chi connectivity index (χ1) is 10.5. The molecule has 2 aliphatic heterocycles. The summed E-state index contributed by atoms with van der Waals surface area (Å²) < 4.78 is 26.0. The summed E-state index contributed by atoms with van der Waals surface area (Å²) in [6, 6.07) is 0. The summed E-state index contributed by atoms with van der Waals surface area (Å²) in [7, 11) is -3.16. The van der Waals surface area contributed by atoms with Crippen molar-refractivity contribution in [2.45, 2.75) is 65.0 Å². The van der Waals surface area contributed by atoms with Crippen LogP contribution in [0.1, 0.15) is 53.4 Å². The van der Waals surface area contributed by atoms with Crippen molar-refractivity contribution in [2.75, 3.05) is 25.4 Å². The second kappa shape index (κ2) is 6.33. The number of aliphatic hydroxyl groups is 1. The van der Waals surface area contributed by atoms with E-state index in [4.69, 9.17) is 0 Å². The third-order valence-electron chi connectivity index (χ3n) is 5.65. The second-order valence-electron chi connectivity index (χ2n) is 7.69. The molecule has 2 fully saturated rings. The highest BCUT2D eigenvalue weighted by molar-refractivity contribution is 7.89. The van der Waals surface area contributed by atoms with Gasteiger partial charge in [0.2, 0.25) is 15.9 Å². The molecular weight excluding hydrogens is 316 g/mol. The summed E-state index contributed by atoms with van der Waals surface area (Å²) in [5.74, 6) is 0.157. The average Bonchev–Trinajstić information content (AvgIpc) is 2.43. The van der Waals surface area contributed by atoms with Crippen LogP contribution in [0.4, 0.5) is 0 Å². The molecule has 2 aliphatic rings. The minimum Gasteiger partial charge on any atom is -0.391 e. The van der Waals surface area contributed by atoms with Crippen LogP contribution in [0.25, 0.3) is 0 Å². The molecular formula is C16H30N2O4S. The molecule has 2 rings (SSSR count). The fraction of sp³-hybridized carbons (Fsp3) is 0.938. The third kappa shape index (κ3) is 3.56. The number of carbonyl (C=O) groups is 1. The molecule has 0 radical (unpaired) electrons. The van der Waals surface area contributed by atoms with Gasteiger partial charge >= 0.3 is 0 Å². The van der Waals surface area contributed by atoms with E-state index in [-0.39, 0.29) is 17.1 Å². The molecule has 1 spiro atoms. The molecule has 23 heavy (non-hydrogen) atoms. The maximum absolute atomic E-state index is 12.2. The molecule has 0 saturated carbocycles. The van der Waals surface area contributed by atoms with Crippen molar-refractivity contribution in [1.29, 1.82) is 0 Å². The zero-order valence-electron chi connectivity index (χ0n) is 14.7. The lowest BCUT2D eigenvalue weighted by molar-refractivity contribution is -0.156. The molecule has 0 unspecified atom stereocenters. The van der Waals surface area contributed by atoms with E-state index in [0.29, 0.717) is 45.3 Å². The van der Waals surface area contributed by atoms with E-state index in [2.05, 4.69) is 0 Å². The third-order valence-corrected chi connectivity index (χ3v) is 7.73. The van der Waals surface area contributed by atoms with Crippen LogP contribution in [-0.4, -0.2) is 65.7 Å². The predicted octanol–water partition coefficient (Wildman–Crippen LogP) is 1.20. The van der Waals surface area contributed by atoms with Gasteiger partial charge in [-0.2, -0.15) is 0 Å². The van der Waals surface area contributed by atoms with Gasteiger partial charge in [-0.05, 0) is 44.9 Å². The van der Waals surface area contributed by atoms with E-state index in [1.54, 1.807) is 9.21 Å². The van der Waals surface area contributed by atoms with Crippen LogP contribution in [0, 0.1) is 5.41 Å². The summed E-state index contributed by atoms with van der Waals surface area (Å²) >= 11 is 0. The summed E-state index contributed by atoms with van der Waals surface area (Å²) in [6.45, 7) is 8.78. The van der Waals surface area contributed by atoms with Gasteiger partial charge in [0.25, 0.3) is 0 Å². The molecule has 0 aromatic heterocycles. The van der Waals surface area contributed by atoms with Gasteiger partial charge < -0.3 is 10.0 Å². The van der Waals surface area contributed by atoms with E-state index < -0.39 is 21.7 Å². The van der Waals surface area contributed by atoms with Gasteiger partial charge in [-0.3, -0.25) is 4.79 Å². The molecule has 134 valence electrons. The molecule has 0 bridgehead atoms. The lowest BCUT2D eigenvalue weighted by Crippen LogP contribution is -2.64. The van der Waals surface area contributed by atoms with E-state index in [1.807, 2.05) is 20.8 Å². The molecule has 1 amide bonds. The Kier molecular flexibility index (Phi) is 5.14. The highest BCUT2D eigenvalue weighted by Crippen LogP contribution is 2.45. The number of amides is 1. The Balaban J connectivity index is 2.13. The van der Waals surface area contributed by atoms with Gasteiger partial charge in [-0.25, -0.2) is 12.7 Å². The molecule has 0 aromatic carbocycles. The highest BCUT2D eigenvalue weighted by atomic mass is 32.2. The zero-order valence-corrected chi connectivity index (χ0v) is 15.5. The number of aliphatic hydroxyl groups excluding tert-OH is 1. The number of hydrogen-bond donors (Lipinski definition) is 1. The van der Waals surface area contributed by atoms with Gasteiger partial charge in [-0.15, -0.1) is 0 Å². The van der Waals surface area contributed by atoms with Crippen LogP contribution in [0.3, 0.4) is 0 Å². The molecule has 1 atom stereocenters. The smallest absolute Gasteiger partial charge is 0.219 e. The topological polar surface area (TPSA) is 77.9 Å². The van der Waals surface area contributed by atoms with Gasteiger partial charge in [0.15, 0.2) is 0 Å². The quantitative estimate of drug-likeness (QED) is 0.833. The lowest BCUT2D eigenvalue weighted by atomic mass is 9.67. The average molecular weight is 346 g/mol. The Labute approximate surface area is 139 Å². The normalized spacial score (nSPS) is 28.0. The first-order valence-electron chi connectivity index (χ1n) is 8.48. The number of nitrogens with zero attached hydrogens (tertiary/aromatic N) is 2. The lowest BCUT2D eigenvalue weighted by Gasteiger charge is -2.55. The van der Waals surface area contributed by atoms with Crippen molar-refractivity contribution in [3.05, 3.63) is 0 Å². The number of piperidine rings is 2. The fourth-order valence-corrected chi connectivity index (χ4v) is 5.46. The standard InChI is InChI=1S/C16H30N2O4S/c1-5-10-23(21,22)17-8-6-16(7-9-17)11-14(20)15(3,4)18(12-16)13(2)19/h14,20H,5-12H2,1-4H3/t14-/m0/s1. The number of sulfonamides is 1. The molecule has 1 N–H and O–H groups in total. The van der Waals surface area contributed by atoms with Crippen LogP contribution >= 0.6 is 0 Å². The minimum atomic E-state index is -3.16. The summed E-state index contributed by atoms with van der Waals surface area (Å²) in [5, 5.41) is 10.6. The van der Waals surface area contributed by atoms with Crippen molar-refractivity contribution in [3.8, 4) is 0 Å². The van der Waals surface area contributed by atoms with Crippen LogP contribution in [0.15, 0.2) is 0 Å². The Morgan fingerprint density at radius 2 is 1.83 bits per heavy atom. The first kappa shape index (κ1) is 18.7. The van der Waals surface area contributed by atoms with Crippen molar-refractivity contribution < 1.29 is 18.3 Å². The van der Waals surface area contributed by atoms with E-state index in [0.717, 1.165) is 0 Å². The number of likely N-dealkylation sites (tertiary alicyclic amines) is 1. The Hall–Kier alpha value is -0.660. The highest BCUT2D eigenvalue weighted by Gasteiger charge is 2.51. The summed E-state index contributed by atoms with van der Waals surface area (Å²) in [4.78, 5) is 13.8. The number of hydrogen-bond acceptors (Lipinski definition) is 4. The Morgan fingerprint density at radius 3 is 2.30 bits per heavy atom. The second-order valence-corrected chi connectivity index (χ2v) is 9.78. The van der Waals surface area contributed by atoms with Crippen LogP contribution in [0.2, 0.25) is 0 Å². The van der Waals surface area contributed by atoms with Crippen molar-refractivity contribution in [1.82, 2.24) is 9.21 Å². The number of rotatable bonds is 3. The van der Waals surface area contributed by atoms with Gasteiger partial charge in [-0.1, -0.05) is 6.92 Å². The SMILES string of the molecule is CCCS(=O)(=O)N1CCC2(CC1)C[C@H](O)C(C)(C)N(C(C)=O)C2. The Bertz CT molecular complexity index is 550. The summed E-state index contributed by atoms with van der Waals surface area (Å²) in [6.07, 6.45) is 2.07. The monoisotopic (exact) mass is 346 g/mol. The predicted molar refractivity (Wildman–Crippen MR) is 89.4 cm³/mol. The van der Waals surface area contributed by atoms with Crippen molar-refractivity contribution in [2.24, 2.45) is 5.41 Å².